The van der Waals surface area contributed by atoms with E-state index >= 15 is 0 Å². The standard InChI is InChI=1S/C7H6Br2S.Mg.2H/c1-2-3-5-4-6(8)10-7(5)9;;;/h2,4H,1,3H2;;;/q;+2;2*-1. The molecule has 1 aromatic rings. The van der Waals surface area contributed by atoms with E-state index in [4.69, 9.17) is 0 Å². The summed E-state index contributed by atoms with van der Waals surface area (Å²) in [6.07, 6.45) is 2.84. The molecular formula is C7H8Br2MgS. The first-order chi connectivity index (χ1) is 4.74. The number of halogens is 2. The molecule has 0 fully saturated rings. The first-order valence-corrected chi connectivity index (χ1v) is 5.19. The van der Waals surface area contributed by atoms with Gasteiger partial charge >= 0.3 is 23.1 Å². The van der Waals surface area contributed by atoms with Crippen LogP contribution in [0.3, 0.4) is 0 Å². The second kappa shape index (κ2) is 5.75. The second-order valence-corrected chi connectivity index (χ2v) is 5.59. The molecule has 0 aliphatic heterocycles. The van der Waals surface area contributed by atoms with Gasteiger partial charge in [0.05, 0.1) is 7.57 Å². The maximum Gasteiger partial charge on any atom is 2.00 e. The van der Waals surface area contributed by atoms with Gasteiger partial charge in [0.25, 0.3) is 0 Å². The van der Waals surface area contributed by atoms with Gasteiger partial charge in [-0.05, 0) is 49.9 Å². The summed E-state index contributed by atoms with van der Waals surface area (Å²) in [6.45, 7) is 3.67. The van der Waals surface area contributed by atoms with E-state index in [-0.39, 0.29) is 25.9 Å². The van der Waals surface area contributed by atoms with Crippen LogP contribution >= 0.6 is 43.2 Å². The van der Waals surface area contributed by atoms with Crippen molar-refractivity contribution in [2.75, 3.05) is 0 Å². The smallest absolute Gasteiger partial charge is 1.00 e. The molecule has 58 valence electrons. The van der Waals surface area contributed by atoms with E-state index in [1.54, 1.807) is 11.3 Å². The van der Waals surface area contributed by atoms with Crippen molar-refractivity contribution in [3.05, 3.63) is 31.9 Å². The largest absolute Gasteiger partial charge is 2.00 e. The van der Waals surface area contributed by atoms with E-state index in [0.717, 1.165) is 10.2 Å². The van der Waals surface area contributed by atoms with Gasteiger partial charge in [-0.1, -0.05) is 6.08 Å². The van der Waals surface area contributed by atoms with Crippen molar-refractivity contribution < 1.29 is 2.85 Å². The van der Waals surface area contributed by atoms with Gasteiger partial charge < -0.3 is 2.85 Å². The molecule has 1 aromatic heterocycles. The van der Waals surface area contributed by atoms with Gasteiger partial charge in [-0.25, -0.2) is 0 Å². The van der Waals surface area contributed by atoms with E-state index < -0.39 is 0 Å². The zero-order valence-electron chi connectivity index (χ0n) is 7.94. The molecule has 0 unspecified atom stereocenters. The van der Waals surface area contributed by atoms with Gasteiger partial charge in [0, 0.05) is 0 Å². The predicted octanol–water partition coefficient (Wildman–Crippen LogP) is 3.85. The molecule has 0 N–H and O–H groups in total. The van der Waals surface area contributed by atoms with Gasteiger partial charge in [-0.15, -0.1) is 17.9 Å². The van der Waals surface area contributed by atoms with Crippen LogP contribution in [0.5, 0.6) is 0 Å². The van der Waals surface area contributed by atoms with Crippen LogP contribution in [-0.2, 0) is 6.42 Å². The summed E-state index contributed by atoms with van der Waals surface area (Å²) in [5.41, 5.74) is 1.30. The molecule has 0 atom stereocenters. The minimum Gasteiger partial charge on any atom is -1.00 e. The summed E-state index contributed by atoms with van der Waals surface area (Å²) >= 11 is 8.56. The van der Waals surface area contributed by atoms with Crippen LogP contribution in [0, 0.1) is 0 Å². The third-order valence-electron chi connectivity index (χ3n) is 1.09. The normalized spacial score (nSPS) is 8.91. The fourth-order valence-electron chi connectivity index (χ4n) is 0.669. The van der Waals surface area contributed by atoms with E-state index in [1.807, 2.05) is 6.08 Å². The molecular weight excluding hydrogens is 300 g/mol. The van der Waals surface area contributed by atoms with Gasteiger partial charge in [0.2, 0.25) is 0 Å². The third-order valence-corrected chi connectivity index (χ3v) is 3.56. The van der Waals surface area contributed by atoms with Gasteiger partial charge in [0.1, 0.15) is 0 Å². The molecule has 11 heavy (non-hydrogen) atoms. The summed E-state index contributed by atoms with van der Waals surface area (Å²) in [5.74, 6) is 0. The summed E-state index contributed by atoms with van der Waals surface area (Å²) < 4.78 is 2.36. The van der Waals surface area contributed by atoms with E-state index in [9.17, 15) is 0 Å². The molecule has 0 aliphatic carbocycles. The van der Waals surface area contributed by atoms with Crippen LogP contribution in [0.4, 0.5) is 0 Å². The maximum absolute atomic E-state index is 3.67. The minimum absolute atomic E-state index is 0. The summed E-state index contributed by atoms with van der Waals surface area (Å²) in [6, 6.07) is 2.11. The Balaban J connectivity index is -0.000000333. The minimum atomic E-state index is 0. The number of rotatable bonds is 2. The topological polar surface area (TPSA) is 0 Å². The van der Waals surface area contributed by atoms with Crippen molar-refractivity contribution in [1.29, 1.82) is 0 Å². The van der Waals surface area contributed by atoms with Crippen LogP contribution in [0.2, 0.25) is 0 Å². The molecule has 0 aromatic carbocycles. The van der Waals surface area contributed by atoms with Crippen LogP contribution in [0.1, 0.15) is 8.42 Å². The zero-order chi connectivity index (χ0) is 7.56. The first-order valence-electron chi connectivity index (χ1n) is 2.78. The monoisotopic (exact) mass is 306 g/mol. The van der Waals surface area contributed by atoms with Crippen LogP contribution in [0.25, 0.3) is 0 Å². The number of hydrogen-bond donors (Lipinski definition) is 0. The van der Waals surface area contributed by atoms with Crippen molar-refractivity contribution in [2.24, 2.45) is 0 Å². The molecule has 0 saturated heterocycles. The predicted molar refractivity (Wildman–Crippen MR) is 61.6 cm³/mol. The van der Waals surface area contributed by atoms with Crippen molar-refractivity contribution in [2.45, 2.75) is 6.42 Å². The fourth-order valence-corrected chi connectivity index (χ4v) is 3.53. The average Bonchev–Trinajstić information content (AvgIpc) is 2.13. The molecule has 0 aliphatic rings. The third kappa shape index (κ3) is 3.59. The Hall–Kier alpha value is 1.17. The molecule has 1 rings (SSSR count). The first kappa shape index (κ1) is 12.2. The van der Waals surface area contributed by atoms with Crippen molar-refractivity contribution in [3.63, 3.8) is 0 Å². The molecule has 0 saturated carbocycles. The van der Waals surface area contributed by atoms with E-state index in [1.165, 1.54) is 9.35 Å². The van der Waals surface area contributed by atoms with Crippen molar-refractivity contribution >= 4 is 66.2 Å². The molecule has 4 heteroatoms. The quantitative estimate of drug-likeness (QED) is 0.575. The summed E-state index contributed by atoms with van der Waals surface area (Å²) in [7, 11) is 0. The van der Waals surface area contributed by atoms with Crippen molar-refractivity contribution in [3.8, 4) is 0 Å². The SMILES string of the molecule is C=CCc1cc(Br)sc1Br.[H-].[H-].[Mg+2]. The molecule has 0 amide bonds. The zero-order valence-corrected chi connectivity index (χ0v) is 11.3. The molecule has 0 nitrogen and oxygen atoms in total. The Morgan fingerprint density at radius 1 is 1.64 bits per heavy atom. The van der Waals surface area contributed by atoms with Gasteiger partial charge in [-0.3, -0.25) is 0 Å². The maximum atomic E-state index is 3.67. The van der Waals surface area contributed by atoms with Gasteiger partial charge in [-0.2, -0.15) is 0 Å². The van der Waals surface area contributed by atoms with Crippen LogP contribution < -0.4 is 0 Å². The van der Waals surface area contributed by atoms with Crippen molar-refractivity contribution in [1.82, 2.24) is 0 Å². The average molecular weight is 308 g/mol. The summed E-state index contributed by atoms with van der Waals surface area (Å²) in [5, 5.41) is 0. The number of allylic oxidation sites excluding steroid dienone is 1. The number of hydrogen-bond acceptors (Lipinski definition) is 1. The Bertz CT molecular complexity index is 253. The molecule has 0 spiro atoms. The van der Waals surface area contributed by atoms with E-state index in [0.29, 0.717) is 0 Å². The Kier molecular flexibility index (Phi) is 6.36. The van der Waals surface area contributed by atoms with Crippen LogP contribution in [-0.4, -0.2) is 23.1 Å². The second-order valence-electron chi connectivity index (χ2n) is 1.84. The van der Waals surface area contributed by atoms with Gasteiger partial charge in [0.15, 0.2) is 0 Å². The fraction of sp³-hybridized carbons (Fsp3) is 0.143. The Morgan fingerprint density at radius 3 is 2.64 bits per heavy atom. The van der Waals surface area contributed by atoms with E-state index in [2.05, 4.69) is 44.5 Å². The molecule has 0 bridgehead atoms. The van der Waals surface area contributed by atoms with Crippen LogP contribution in [0.15, 0.2) is 26.3 Å². The number of thiophene rings is 1. The Morgan fingerprint density at radius 2 is 2.27 bits per heavy atom. The molecule has 0 radical (unpaired) electrons. The molecule has 1 heterocycles. The summed E-state index contributed by atoms with van der Waals surface area (Å²) in [4.78, 5) is 0. The Labute approximate surface area is 106 Å².